The fourth-order valence-corrected chi connectivity index (χ4v) is 2.19. The summed E-state index contributed by atoms with van der Waals surface area (Å²) in [7, 11) is 0. The fourth-order valence-electron chi connectivity index (χ4n) is 2.19. The van der Waals surface area contributed by atoms with E-state index in [4.69, 9.17) is 14.2 Å². The lowest BCUT2D eigenvalue weighted by atomic mass is 10.1. The lowest BCUT2D eigenvalue weighted by molar-refractivity contribution is 0.345. The minimum absolute atomic E-state index is 0.445. The predicted octanol–water partition coefficient (Wildman–Crippen LogP) is 5.55. The highest BCUT2D eigenvalue weighted by Crippen LogP contribution is 2.25. The molecule has 0 fully saturated rings. The Morgan fingerprint density at radius 3 is 1.54 bits per heavy atom. The molecule has 0 aliphatic rings. The zero-order valence-corrected chi connectivity index (χ0v) is 14.9. The zero-order valence-electron chi connectivity index (χ0n) is 14.9. The SMILES string of the molecule is C=CCOc1ccc(/C=C/c2cc(OCC=C)cc(OCC=C)c2)cc1. The number of hydrogen-bond donors (Lipinski definition) is 0. The summed E-state index contributed by atoms with van der Waals surface area (Å²) in [5.74, 6) is 2.29. The Kier molecular flexibility index (Phi) is 7.81. The van der Waals surface area contributed by atoms with Gasteiger partial charge in [0.05, 0.1) is 0 Å². The summed E-state index contributed by atoms with van der Waals surface area (Å²) in [5.41, 5.74) is 2.06. The van der Waals surface area contributed by atoms with Gasteiger partial charge in [0, 0.05) is 6.07 Å². The molecule has 3 heteroatoms. The van der Waals surface area contributed by atoms with Crippen LogP contribution in [0.1, 0.15) is 11.1 Å². The Bertz CT molecular complexity index is 727. The van der Waals surface area contributed by atoms with Gasteiger partial charge >= 0.3 is 0 Å². The molecule has 0 unspecified atom stereocenters. The van der Waals surface area contributed by atoms with Gasteiger partial charge in [-0.05, 0) is 35.4 Å². The third-order valence-electron chi connectivity index (χ3n) is 3.35. The molecular formula is C23H24O3. The van der Waals surface area contributed by atoms with Crippen LogP contribution in [0.15, 0.2) is 80.4 Å². The van der Waals surface area contributed by atoms with Crippen molar-refractivity contribution in [1.29, 1.82) is 0 Å². The first kappa shape index (κ1) is 19.1. The second-order valence-corrected chi connectivity index (χ2v) is 5.44. The Labute approximate surface area is 155 Å². The first-order valence-electron chi connectivity index (χ1n) is 8.39. The van der Waals surface area contributed by atoms with Gasteiger partial charge in [0.25, 0.3) is 0 Å². The minimum atomic E-state index is 0.445. The molecule has 0 aliphatic heterocycles. The molecule has 2 aromatic carbocycles. The molecule has 0 spiro atoms. The highest BCUT2D eigenvalue weighted by Gasteiger charge is 2.01. The monoisotopic (exact) mass is 348 g/mol. The van der Waals surface area contributed by atoms with E-state index < -0.39 is 0 Å². The van der Waals surface area contributed by atoms with E-state index in [9.17, 15) is 0 Å². The van der Waals surface area contributed by atoms with Crippen LogP contribution in [0.4, 0.5) is 0 Å². The smallest absolute Gasteiger partial charge is 0.124 e. The van der Waals surface area contributed by atoms with Crippen molar-refractivity contribution in [1.82, 2.24) is 0 Å². The first-order valence-corrected chi connectivity index (χ1v) is 8.39. The average Bonchev–Trinajstić information content (AvgIpc) is 2.68. The largest absolute Gasteiger partial charge is 0.490 e. The summed E-state index contributed by atoms with van der Waals surface area (Å²) in [6, 6.07) is 13.7. The predicted molar refractivity (Wildman–Crippen MR) is 109 cm³/mol. The number of ether oxygens (including phenoxy) is 3. The van der Waals surface area contributed by atoms with Crippen LogP contribution in [0.5, 0.6) is 17.2 Å². The molecule has 0 amide bonds. The Morgan fingerprint density at radius 1 is 0.577 bits per heavy atom. The van der Waals surface area contributed by atoms with Crippen LogP contribution in [0, 0.1) is 0 Å². The van der Waals surface area contributed by atoms with Gasteiger partial charge in [0.2, 0.25) is 0 Å². The maximum atomic E-state index is 5.64. The van der Waals surface area contributed by atoms with E-state index in [-0.39, 0.29) is 0 Å². The molecule has 2 rings (SSSR count). The summed E-state index contributed by atoms with van der Waals surface area (Å²) in [5, 5.41) is 0. The summed E-state index contributed by atoms with van der Waals surface area (Å²) < 4.78 is 16.8. The molecule has 0 N–H and O–H groups in total. The number of rotatable bonds is 11. The molecule has 0 radical (unpaired) electrons. The van der Waals surface area contributed by atoms with Crippen molar-refractivity contribution in [2.75, 3.05) is 19.8 Å². The van der Waals surface area contributed by atoms with Crippen LogP contribution >= 0.6 is 0 Å². The van der Waals surface area contributed by atoms with Crippen LogP contribution in [-0.4, -0.2) is 19.8 Å². The quantitative estimate of drug-likeness (QED) is 0.393. The molecule has 0 atom stereocenters. The van der Waals surface area contributed by atoms with Crippen molar-refractivity contribution in [3.05, 3.63) is 91.6 Å². The molecule has 0 saturated carbocycles. The van der Waals surface area contributed by atoms with E-state index in [0.29, 0.717) is 19.8 Å². The fraction of sp³-hybridized carbons (Fsp3) is 0.130. The molecule has 0 saturated heterocycles. The van der Waals surface area contributed by atoms with E-state index in [1.807, 2.05) is 54.6 Å². The third-order valence-corrected chi connectivity index (χ3v) is 3.35. The number of hydrogen-bond acceptors (Lipinski definition) is 3. The van der Waals surface area contributed by atoms with Crippen molar-refractivity contribution in [3.8, 4) is 17.2 Å². The standard InChI is InChI=1S/C23H24O3/c1-4-13-24-21-11-9-19(10-12-21)7-8-20-16-22(25-14-5-2)18-23(17-20)26-15-6-3/h4-12,16-18H,1-3,13-15H2/b8-7+. The third kappa shape index (κ3) is 6.36. The van der Waals surface area contributed by atoms with Gasteiger partial charge in [-0.25, -0.2) is 0 Å². The highest BCUT2D eigenvalue weighted by atomic mass is 16.5. The molecular weight excluding hydrogens is 324 g/mol. The molecule has 0 bridgehead atoms. The molecule has 2 aromatic rings. The molecule has 26 heavy (non-hydrogen) atoms. The Balaban J connectivity index is 2.14. The second-order valence-electron chi connectivity index (χ2n) is 5.44. The minimum Gasteiger partial charge on any atom is -0.490 e. The highest BCUT2D eigenvalue weighted by molar-refractivity contribution is 5.71. The van der Waals surface area contributed by atoms with E-state index >= 15 is 0 Å². The van der Waals surface area contributed by atoms with Crippen molar-refractivity contribution in [2.24, 2.45) is 0 Å². The van der Waals surface area contributed by atoms with Crippen molar-refractivity contribution in [3.63, 3.8) is 0 Å². The van der Waals surface area contributed by atoms with E-state index in [0.717, 1.165) is 28.4 Å². The van der Waals surface area contributed by atoms with Gasteiger partial charge in [-0.2, -0.15) is 0 Å². The van der Waals surface area contributed by atoms with Crippen LogP contribution < -0.4 is 14.2 Å². The lowest BCUT2D eigenvalue weighted by Gasteiger charge is -2.09. The van der Waals surface area contributed by atoms with Crippen LogP contribution in [-0.2, 0) is 0 Å². The Morgan fingerprint density at radius 2 is 1.04 bits per heavy atom. The van der Waals surface area contributed by atoms with E-state index in [1.165, 1.54) is 0 Å². The van der Waals surface area contributed by atoms with Crippen molar-refractivity contribution < 1.29 is 14.2 Å². The van der Waals surface area contributed by atoms with E-state index in [2.05, 4.69) is 19.7 Å². The van der Waals surface area contributed by atoms with Crippen molar-refractivity contribution >= 4 is 12.2 Å². The summed E-state index contributed by atoms with van der Waals surface area (Å²) in [6.07, 6.45) is 9.19. The van der Waals surface area contributed by atoms with Gasteiger partial charge < -0.3 is 14.2 Å². The average molecular weight is 348 g/mol. The number of benzene rings is 2. The van der Waals surface area contributed by atoms with Gasteiger partial charge in [0.15, 0.2) is 0 Å². The lowest BCUT2D eigenvalue weighted by Crippen LogP contribution is -1.97. The van der Waals surface area contributed by atoms with Gasteiger partial charge in [-0.3, -0.25) is 0 Å². The Hall–Kier alpha value is -3.20. The van der Waals surface area contributed by atoms with Gasteiger partial charge in [-0.1, -0.05) is 62.2 Å². The summed E-state index contributed by atoms with van der Waals surface area (Å²) >= 11 is 0. The normalized spacial score (nSPS) is 10.3. The second kappa shape index (κ2) is 10.6. The molecule has 134 valence electrons. The maximum Gasteiger partial charge on any atom is 0.124 e. The first-order chi connectivity index (χ1) is 12.7. The topological polar surface area (TPSA) is 27.7 Å². The molecule has 0 aliphatic carbocycles. The van der Waals surface area contributed by atoms with Crippen LogP contribution in [0.3, 0.4) is 0 Å². The van der Waals surface area contributed by atoms with Crippen LogP contribution in [0.2, 0.25) is 0 Å². The summed E-state index contributed by atoms with van der Waals surface area (Å²) in [4.78, 5) is 0. The van der Waals surface area contributed by atoms with E-state index in [1.54, 1.807) is 18.2 Å². The summed E-state index contributed by atoms with van der Waals surface area (Å²) in [6.45, 7) is 12.4. The van der Waals surface area contributed by atoms with Crippen LogP contribution in [0.25, 0.3) is 12.2 Å². The van der Waals surface area contributed by atoms with Gasteiger partial charge in [-0.15, -0.1) is 0 Å². The zero-order chi connectivity index (χ0) is 18.6. The maximum absolute atomic E-state index is 5.64. The molecule has 0 aromatic heterocycles. The molecule has 3 nitrogen and oxygen atoms in total. The van der Waals surface area contributed by atoms with Crippen molar-refractivity contribution in [2.45, 2.75) is 0 Å². The molecule has 0 heterocycles. The van der Waals surface area contributed by atoms with Gasteiger partial charge in [0.1, 0.15) is 37.1 Å².